The van der Waals surface area contributed by atoms with Gasteiger partial charge in [-0.2, -0.15) is 17.2 Å². The first-order valence-corrected chi connectivity index (χ1v) is 7.23. The van der Waals surface area contributed by atoms with Crippen LogP contribution in [0.3, 0.4) is 0 Å². The molecule has 90 valence electrons. The summed E-state index contributed by atoms with van der Waals surface area (Å²) in [4.78, 5) is 5.56. The second-order valence-electron chi connectivity index (χ2n) is 4.15. The number of thioether (sulfide) groups is 1. The van der Waals surface area contributed by atoms with Gasteiger partial charge in [-0.15, -0.1) is 0 Å². The largest absolute Gasteiger partial charge is 0.464 e. The zero-order valence-electron chi connectivity index (χ0n) is 9.70. The van der Waals surface area contributed by atoms with Crippen LogP contribution in [0.25, 0.3) is 0 Å². The van der Waals surface area contributed by atoms with Crippen LogP contribution in [0.15, 0.2) is 16.5 Å². The fraction of sp³-hybridized carbons (Fsp3) is 0.667. The lowest BCUT2D eigenvalue weighted by atomic mass is 10.3. The van der Waals surface area contributed by atoms with Crippen molar-refractivity contribution >= 4 is 11.8 Å². The summed E-state index contributed by atoms with van der Waals surface area (Å²) in [6.07, 6.45) is 7.44. The molecule has 16 heavy (non-hydrogen) atoms. The standard InChI is InChI=1S/C12H19NO2S/c1-16-9-12-7-6-11(14-12)8-13-15-10-4-2-3-5-10/h6-7,10,13H,2-5,8-9H2,1H3. The predicted octanol–water partition coefficient (Wildman–Crippen LogP) is 3.11. The Balaban J connectivity index is 1.67. The summed E-state index contributed by atoms with van der Waals surface area (Å²) in [6.45, 7) is 0.658. The van der Waals surface area contributed by atoms with Crippen LogP contribution in [0.5, 0.6) is 0 Å². The molecule has 0 amide bonds. The maximum absolute atomic E-state index is 5.63. The van der Waals surface area contributed by atoms with Gasteiger partial charge in [-0.25, -0.2) is 0 Å². The molecule has 1 heterocycles. The molecule has 2 rings (SSSR count). The number of furan rings is 1. The first-order chi connectivity index (χ1) is 7.88. The van der Waals surface area contributed by atoms with E-state index in [1.165, 1.54) is 25.7 Å². The smallest absolute Gasteiger partial charge is 0.120 e. The van der Waals surface area contributed by atoms with E-state index in [9.17, 15) is 0 Å². The highest BCUT2D eigenvalue weighted by molar-refractivity contribution is 7.97. The summed E-state index contributed by atoms with van der Waals surface area (Å²) < 4.78 is 5.63. The van der Waals surface area contributed by atoms with E-state index in [-0.39, 0.29) is 0 Å². The second-order valence-corrected chi connectivity index (χ2v) is 5.01. The fourth-order valence-corrected chi connectivity index (χ4v) is 2.41. The van der Waals surface area contributed by atoms with Crippen LogP contribution in [0.4, 0.5) is 0 Å². The molecule has 0 aliphatic heterocycles. The van der Waals surface area contributed by atoms with Crippen molar-refractivity contribution < 1.29 is 9.25 Å². The van der Waals surface area contributed by atoms with Crippen molar-refractivity contribution in [1.82, 2.24) is 5.48 Å². The molecule has 3 nitrogen and oxygen atoms in total. The van der Waals surface area contributed by atoms with Gasteiger partial charge in [-0.1, -0.05) is 12.8 Å². The lowest BCUT2D eigenvalue weighted by molar-refractivity contribution is -0.0268. The highest BCUT2D eigenvalue weighted by atomic mass is 32.2. The highest BCUT2D eigenvalue weighted by Gasteiger charge is 2.15. The molecule has 1 fully saturated rings. The fourth-order valence-electron chi connectivity index (χ4n) is 1.97. The molecule has 0 saturated heterocycles. The predicted molar refractivity (Wildman–Crippen MR) is 66.1 cm³/mol. The zero-order valence-corrected chi connectivity index (χ0v) is 10.5. The van der Waals surface area contributed by atoms with Gasteiger partial charge in [0.25, 0.3) is 0 Å². The van der Waals surface area contributed by atoms with Crippen LogP contribution in [-0.4, -0.2) is 12.4 Å². The van der Waals surface area contributed by atoms with Crippen molar-refractivity contribution in [3.8, 4) is 0 Å². The number of hydroxylamine groups is 1. The molecule has 1 aromatic heterocycles. The number of nitrogens with one attached hydrogen (secondary N) is 1. The van der Waals surface area contributed by atoms with Crippen molar-refractivity contribution in [3.05, 3.63) is 23.7 Å². The lowest BCUT2D eigenvalue weighted by Crippen LogP contribution is -2.21. The van der Waals surface area contributed by atoms with Crippen molar-refractivity contribution in [2.24, 2.45) is 0 Å². The van der Waals surface area contributed by atoms with E-state index in [1.807, 2.05) is 12.1 Å². The first-order valence-electron chi connectivity index (χ1n) is 5.83. The quantitative estimate of drug-likeness (QED) is 0.776. The Bertz CT molecular complexity index is 308. The van der Waals surface area contributed by atoms with Crippen LogP contribution in [0.2, 0.25) is 0 Å². The van der Waals surface area contributed by atoms with E-state index < -0.39 is 0 Å². The summed E-state index contributed by atoms with van der Waals surface area (Å²) in [5, 5.41) is 0. The molecular formula is C12H19NO2S. The van der Waals surface area contributed by atoms with Crippen LogP contribution in [-0.2, 0) is 17.1 Å². The minimum Gasteiger partial charge on any atom is -0.464 e. The molecule has 1 aromatic rings. The molecule has 0 bridgehead atoms. The van der Waals surface area contributed by atoms with Crippen LogP contribution >= 0.6 is 11.8 Å². The molecule has 0 aromatic carbocycles. The third-order valence-electron chi connectivity index (χ3n) is 2.80. The monoisotopic (exact) mass is 241 g/mol. The normalized spacial score (nSPS) is 17.1. The lowest BCUT2D eigenvalue weighted by Gasteiger charge is -2.10. The van der Waals surface area contributed by atoms with Crippen molar-refractivity contribution in [2.75, 3.05) is 6.26 Å². The molecule has 1 aliphatic carbocycles. The highest BCUT2D eigenvalue weighted by Crippen LogP contribution is 2.20. The topological polar surface area (TPSA) is 34.4 Å². The SMILES string of the molecule is CSCc1ccc(CNOC2CCCC2)o1. The summed E-state index contributed by atoms with van der Waals surface area (Å²) >= 11 is 1.77. The van der Waals surface area contributed by atoms with Gasteiger partial charge in [0.1, 0.15) is 11.5 Å². The average Bonchev–Trinajstić information content (AvgIpc) is 2.90. The average molecular weight is 241 g/mol. The Morgan fingerprint density at radius 1 is 1.38 bits per heavy atom. The van der Waals surface area contributed by atoms with Gasteiger partial charge < -0.3 is 4.42 Å². The number of hydrogen-bond donors (Lipinski definition) is 1. The Morgan fingerprint density at radius 3 is 2.88 bits per heavy atom. The summed E-state index contributed by atoms with van der Waals surface area (Å²) in [5.74, 6) is 2.91. The molecule has 0 atom stereocenters. The van der Waals surface area contributed by atoms with Gasteiger partial charge in [-0.3, -0.25) is 4.84 Å². The van der Waals surface area contributed by atoms with Crippen molar-refractivity contribution in [3.63, 3.8) is 0 Å². The Morgan fingerprint density at radius 2 is 2.12 bits per heavy atom. The molecular weight excluding hydrogens is 222 g/mol. The van der Waals surface area contributed by atoms with Crippen molar-refractivity contribution in [1.29, 1.82) is 0 Å². The second kappa shape index (κ2) is 6.33. The van der Waals surface area contributed by atoms with E-state index in [0.717, 1.165) is 17.3 Å². The minimum atomic E-state index is 0.403. The number of rotatable bonds is 6. The van der Waals surface area contributed by atoms with Gasteiger partial charge in [0, 0.05) is 0 Å². The molecule has 0 spiro atoms. The van der Waals surface area contributed by atoms with Crippen LogP contribution < -0.4 is 5.48 Å². The molecule has 0 unspecified atom stereocenters. The third-order valence-corrected chi connectivity index (χ3v) is 3.38. The van der Waals surface area contributed by atoms with E-state index in [0.29, 0.717) is 12.6 Å². The minimum absolute atomic E-state index is 0.403. The first kappa shape index (κ1) is 12.0. The molecule has 1 N–H and O–H groups in total. The van der Waals surface area contributed by atoms with Gasteiger partial charge in [0.2, 0.25) is 0 Å². The zero-order chi connectivity index (χ0) is 11.2. The molecule has 1 saturated carbocycles. The van der Waals surface area contributed by atoms with E-state index in [1.54, 1.807) is 11.8 Å². The molecule has 4 heteroatoms. The van der Waals surface area contributed by atoms with E-state index >= 15 is 0 Å². The summed E-state index contributed by atoms with van der Waals surface area (Å²) in [5.41, 5.74) is 3.00. The summed E-state index contributed by atoms with van der Waals surface area (Å²) in [6, 6.07) is 4.04. The van der Waals surface area contributed by atoms with Gasteiger partial charge >= 0.3 is 0 Å². The van der Waals surface area contributed by atoms with Gasteiger partial charge in [0.15, 0.2) is 0 Å². The number of hydrogen-bond acceptors (Lipinski definition) is 4. The third kappa shape index (κ3) is 3.54. The Labute approximate surface area is 101 Å². The Hall–Kier alpha value is -0.450. The molecule has 1 aliphatic rings. The Kier molecular flexibility index (Phi) is 4.75. The molecule has 0 radical (unpaired) electrons. The van der Waals surface area contributed by atoms with Crippen molar-refractivity contribution in [2.45, 2.75) is 44.1 Å². The van der Waals surface area contributed by atoms with E-state index in [2.05, 4.69) is 11.7 Å². The van der Waals surface area contributed by atoms with Gasteiger partial charge in [0.05, 0.1) is 18.4 Å². The van der Waals surface area contributed by atoms with E-state index in [4.69, 9.17) is 9.25 Å². The van der Waals surface area contributed by atoms with Crippen LogP contribution in [0, 0.1) is 0 Å². The maximum atomic E-state index is 5.63. The van der Waals surface area contributed by atoms with Gasteiger partial charge in [-0.05, 0) is 31.2 Å². The summed E-state index contributed by atoms with van der Waals surface area (Å²) in [7, 11) is 0. The maximum Gasteiger partial charge on any atom is 0.120 e. The van der Waals surface area contributed by atoms with Crippen LogP contribution in [0.1, 0.15) is 37.2 Å².